The van der Waals surface area contributed by atoms with E-state index in [1.54, 1.807) is 30.3 Å². The number of nitrogens with zero attached hydrogens (tertiary/aromatic N) is 1. The molecule has 132 valence electrons. The van der Waals surface area contributed by atoms with E-state index in [1.807, 2.05) is 11.0 Å². The molecular weight excluding hydrogens is 364 g/mol. The van der Waals surface area contributed by atoms with Crippen LogP contribution in [-0.2, 0) is 4.79 Å². The molecule has 0 saturated carbocycles. The molecule has 2 unspecified atom stereocenters. The molecule has 1 N–H and O–H groups in total. The van der Waals surface area contributed by atoms with Gasteiger partial charge in [-0.05, 0) is 37.1 Å². The van der Waals surface area contributed by atoms with Crippen molar-refractivity contribution in [1.29, 1.82) is 0 Å². The van der Waals surface area contributed by atoms with Gasteiger partial charge in [-0.2, -0.15) is 0 Å². The molecular formula is C19H18Cl2FNO2. The smallest absolute Gasteiger partial charge is 0.307 e. The van der Waals surface area contributed by atoms with Crippen LogP contribution in [0.1, 0.15) is 30.0 Å². The van der Waals surface area contributed by atoms with Crippen molar-refractivity contribution in [2.45, 2.75) is 18.9 Å². The van der Waals surface area contributed by atoms with Crippen LogP contribution in [0.2, 0.25) is 10.0 Å². The van der Waals surface area contributed by atoms with Gasteiger partial charge in [0.15, 0.2) is 0 Å². The van der Waals surface area contributed by atoms with E-state index in [0.29, 0.717) is 40.7 Å². The van der Waals surface area contributed by atoms with Crippen LogP contribution in [0.3, 0.4) is 0 Å². The summed E-state index contributed by atoms with van der Waals surface area (Å²) in [7, 11) is 0. The molecule has 2 aromatic rings. The molecule has 2 atom stereocenters. The molecule has 25 heavy (non-hydrogen) atoms. The van der Waals surface area contributed by atoms with E-state index >= 15 is 0 Å². The molecule has 1 fully saturated rings. The minimum Gasteiger partial charge on any atom is -0.481 e. The Morgan fingerprint density at radius 2 is 1.88 bits per heavy atom. The van der Waals surface area contributed by atoms with Gasteiger partial charge < -0.3 is 5.11 Å². The van der Waals surface area contributed by atoms with Gasteiger partial charge in [-0.25, -0.2) is 4.39 Å². The second-order valence-corrected chi connectivity index (χ2v) is 7.02. The summed E-state index contributed by atoms with van der Waals surface area (Å²) in [5, 5.41) is 10.2. The molecule has 0 aliphatic carbocycles. The maximum absolute atomic E-state index is 14.5. The molecule has 1 saturated heterocycles. The van der Waals surface area contributed by atoms with Gasteiger partial charge in [0.1, 0.15) is 5.82 Å². The predicted molar refractivity (Wildman–Crippen MR) is 96.6 cm³/mol. The minimum atomic E-state index is -0.825. The summed E-state index contributed by atoms with van der Waals surface area (Å²) in [5.41, 5.74) is 1.16. The number of hydrogen-bond acceptors (Lipinski definition) is 2. The lowest BCUT2D eigenvalue weighted by atomic mass is 9.91. The summed E-state index contributed by atoms with van der Waals surface area (Å²) in [5.74, 6) is -1.64. The fraction of sp³-hybridized carbons (Fsp3) is 0.316. The molecule has 1 aliphatic heterocycles. The summed E-state index contributed by atoms with van der Waals surface area (Å²) in [6.45, 7) is 1.02. The molecule has 0 bridgehead atoms. The Morgan fingerprint density at radius 1 is 1.16 bits per heavy atom. The van der Waals surface area contributed by atoms with Gasteiger partial charge in [0, 0.05) is 12.1 Å². The highest BCUT2D eigenvalue weighted by molar-refractivity contribution is 6.42. The fourth-order valence-electron chi connectivity index (χ4n) is 3.43. The predicted octanol–water partition coefficient (Wildman–Crippen LogP) is 5.02. The van der Waals surface area contributed by atoms with Crippen LogP contribution in [0.25, 0.3) is 0 Å². The van der Waals surface area contributed by atoms with Gasteiger partial charge in [-0.1, -0.05) is 53.5 Å². The van der Waals surface area contributed by atoms with Crippen LogP contribution in [0.15, 0.2) is 42.5 Å². The van der Waals surface area contributed by atoms with Crippen molar-refractivity contribution in [2.24, 2.45) is 5.92 Å². The number of aliphatic carboxylic acids is 1. The molecule has 3 rings (SSSR count). The van der Waals surface area contributed by atoms with E-state index in [4.69, 9.17) is 23.2 Å². The van der Waals surface area contributed by atoms with Crippen molar-refractivity contribution in [3.05, 3.63) is 69.5 Å². The number of halogens is 3. The lowest BCUT2D eigenvalue weighted by Crippen LogP contribution is -2.41. The Labute approximate surface area is 156 Å². The molecule has 0 aromatic heterocycles. The van der Waals surface area contributed by atoms with Crippen LogP contribution in [0.4, 0.5) is 4.39 Å². The van der Waals surface area contributed by atoms with E-state index in [0.717, 1.165) is 6.42 Å². The molecule has 2 aromatic carbocycles. The average Bonchev–Trinajstić information content (AvgIpc) is 2.61. The van der Waals surface area contributed by atoms with Gasteiger partial charge >= 0.3 is 5.97 Å². The number of rotatable bonds is 4. The Bertz CT molecular complexity index is 784. The third kappa shape index (κ3) is 3.81. The van der Waals surface area contributed by atoms with Crippen LogP contribution in [0, 0.1) is 11.7 Å². The lowest BCUT2D eigenvalue weighted by molar-refractivity contribution is -0.143. The minimum absolute atomic E-state index is 0.344. The van der Waals surface area contributed by atoms with Gasteiger partial charge in [-0.3, -0.25) is 9.69 Å². The second-order valence-electron chi connectivity index (χ2n) is 6.24. The number of carbonyl (C=O) groups is 1. The Hall–Kier alpha value is -1.62. The maximum atomic E-state index is 14.5. The topological polar surface area (TPSA) is 40.5 Å². The van der Waals surface area contributed by atoms with Gasteiger partial charge in [0.25, 0.3) is 0 Å². The largest absolute Gasteiger partial charge is 0.481 e. The fourth-order valence-corrected chi connectivity index (χ4v) is 3.84. The van der Waals surface area contributed by atoms with E-state index in [1.165, 1.54) is 6.07 Å². The third-order valence-electron chi connectivity index (χ3n) is 4.64. The normalized spacial score (nSPS) is 19.6. The first-order valence-corrected chi connectivity index (χ1v) is 8.90. The van der Waals surface area contributed by atoms with Crippen molar-refractivity contribution >= 4 is 29.2 Å². The summed E-state index contributed by atoms with van der Waals surface area (Å²) in [6.07, 6.45) is 1.36. The van der Waals surface area contributed by atoms with Gasteiger partial charge in [0.2, 0.25) is 0 Å². The standard InChI is InChI=1S/C19H18Cl2FNO2/c20-15-8-3-7-14(17(15)21)18(13-6-1-2-9-16(13)22)23-10-4-5-12(11-23)19(24)25/h1-3,6-9,12,18H,4-5,10-11H2,(H,24,25). The quantitative estimate of drug-likeness (QED) is 0.808. The Morgan fingerprint density at radius 3 is 2.60 bits per heavy atom. The summed E-state index contributed by atoms with van der Waals surface area (Å²) < 4.78 is 14.5. The van der Waals surface area contributed by atoms with Gasteiger partial charge in [0.05, 0.1) is 22.0 Å². The Balaban J connectivity index is 2.08. The number of likely N-dealkylation sites (tertiary alicyclic amines) is 1. The zero-order valence-electron chi connectivity index (χ0n) is 13.5. The zero-order valence-corrected chi connectivity index (χ0v) is 15.0. The molecule has 3 nitrogen and oxygen atoms in total. The van der Waals surface area contributed by atoms with Crippen molar-refractivity contribution in [1.82, 2.24) is 4.90 Å². The highest BCUT2D eigenvalue weighted by Gasteiger charge is 2.33. The maximum Gasteiger partial charge on any atom is 0.307 e. The van der Waals surface area contributed by atoms with Crippen LogP contribution in [0.5, 0.6) is 0 Å². The number of carboxylic acids is 1. The zero-order chi connectivity index (χ0) is 18.0. The number of hydrogen-bond donors (Lipinski definition) is 1. The molecule has 1 heterocycles. The third-order valence-corrected chi connectivity index (χ3v) is 5.48. The number of carboxylic acid groups (broad SMARTS) is 1. The van der Waals surface area contributed by atoms with E-state index < -0.39 is 17.9 Å². The first kappa shape index (κ1) is 18.2. The van der Waals surface area contributed by atoms with Crippen molar-refractivity contribution in [3.63, 3.8) is 0 Å². The molecule has 1 aliphatic rings. The summed E-state index contributed by atoms with van der Waals surface area (Å²) in [4.78, 5) is 13.4. The molecule has 0 radical (unpaired) electrons. The summed E-state index contributed by atoms with van der Waals surface area (Å²) in [6, 6.07) is 11.3. The first-order valence-electron chi connectivity index (χ1n) is 8.14. The second kappa shape index (κ2) is 7.73. The van der Waals surface area contributed by atoms with Crippen LogP contribution < -0.4 is 0 Å². The lowest BCUT2D eigenvalue weighted by Gasteiger charge is -2.38. The summed E-state index contributed by atoms with van der Waals surface area (Å²) >= 11 is 12.6. The van der Waals surface area contributed by atoms with E-state index in [-0.39, 0.29) is 5.82 Å². The van der Waals surface area contributed by atoms with E-state index in [2.05, 4.69) is 0 Å². The first-order chi connectivity index (χ1) is 12.0. The van der Waals surface area contributed by atoms with Crippen molar-refractivity contribution < 1.29 is 14.3 Å². The van der Waals surface area contributed by atoms with Crippen molar-refractivity contribution in [2.75, 3.05) is 13.1 Å². The van der Waals surface area contributed by atoms with Crippen LogP contribution >= 0.6 is 23.2 Å². The molecule has 0 amide bonds. The van der Waals surface area contributed by atoms with Crippen LogP contribution in [-0.4, -0.2) is 29.1 Å². The highest BCUT2D eigenvalue weighted by Crippen LogP contribution is 2.39. The Kier molecular flexibility index (Phi) is 5.62. The number of benzene rings is 2. The average molecular weight is 382 g/mol. The van der Waals surface area contributed by atoms with Crippen molar-refractivity contribution in [3.8, 4) is 0 Å². The molecule has 6 heteroatoms. The van der Waals surface area contributed by atoms with Gasteiger partial charge in [-0.15, -0.1) is 0 Å². The monoisotopic (exact) mass is 381 g/mol. The number of piperidine rings is 1. The SMILES string of the molecule is O=C(O)C1CCCN(C(c2ccccc2F)c2cccc(Cl)c2Cl)C1. The highest BCUT2D eigenvalue weighted by atomic mass is 35.5. The molecule has 0 spiro atoms. The van der Waals surface area contributed by atoms with E-state index in [9.17, 15) is 14.3 Å².